The number of hydrogen-bond donors (Lipinski definition) is 2. The van der Waals surface area contributed by atoms with Gasteiger partial charge in [-0.3, -0.25) is 9.48 Å². The van der Waals surface area contributed by atoms with Crippen molar-refractivity contribution in [1.29, 1.82) is 0 Å². The lowest BCUT2D eigenvalue weighted by molar-refractivity contribution is -0.119. The van der Waals surface area contributed by atoms with Crippen molar-refractivity contribution in [1.82, 2.24) is 9.78 Å². The van der Waals surface area contributed by atoms with Gasteiger partial charge in [0.1, 0.15) is 5.75 Å². The molecule has 1 heterocycles. The molecule has 0 fully saturated rings. The summed E-state index contributed by atoms with van der Waals surface area (Å²) in [5.74, 6) is 0.117. The normalized spacial score (nSPS) is 10.3. The van der Waals surface area contributed by atoms with E-state index in [0.29, 0.717) is 12.3 Å². The second kappa shape index (κ2) is 6.10. The van der Waals surface area contributed by atoms with Gasteiger partial charge in [-0.15, -0.1) is 0 Å². The van der Waals surface area contributed by atoms with E-state index in [4.69, 9.17) is 10.5 Å². The highest BCUT2D eigenvalue weighted by Crippen LogP contribution is 2.18. The SMILES string of the molecule is Cc1c(CNc2cccc(OCC(N)=O)c2)cnn1C. The van der Waals surface area contributed by atoms with Crippen LogP contribution in [0.1, 0.15) is 11.3 Å². The molecular weight excluding hydrogens is 256 g/mol. The standard InChI is InChI=1S/C14H18N4O2/c1-10-11(8-17-18(10)2)7-16-12-4-3-5-13(6-12)20-9-14(15)19/h3-6,8,16H,7,9H2,1-2H3,(H2,15,19). The summed E-state index contributed by atoms with van der Waals surface area (Å²) in [6.07, 6.45) is 1.84. The fourth-order valence-electron chi connectivity index (χ4n) is 1.77. The highest BCUT2D eigenvalue weighted by atomic mass is 16.5. The fourth-order valence-corrected chi connectivity index (χ4v) is 1.77. The average molecular weight is 274 g/mol. The fraction of sp³-hybridized carbons (Fsp3) is 0.286. The Kier molecular flexibility index (Phi) is 4.24. The van der Waals surface area contributed by atoms with Crippen molar-refractivity contribution in [3.63, 3.8) is 0 Å². The Hall–Kier alpha value is -2.50. The van der Waals surface area contributed by atoms with Crippen LogP contribution in [0.2, 0.25) is 0 Å². The summed E-state index contributed by atoms with van der Waals surface area (Å²) in [4.78, 5) is 10.7. The maximum atomic E-state index is 10.7. The number of hydrogen-bond acceptors (Lipinski definition) is 4. The summed E-state index contributed by atoms with van der Waals surface area (Å²) in [6.45, 7) is 2.58. The number of carbonyl (C=O) groups excluding carboxylic acids is 1. The number of amides is 1. The number of aromatic nitrogens is 2. The van der Waals surface area contributed by atoms with Gasteiger partial charge >= 0.3 is 0 Å². The molecule has 0 bridgehead atoms. The number of carbonyl (C=O) groups is 1. The van der Waals surface area contributed by atoms with Crippen molar-refractivity contribution in [2.45, 2.75) is 13.5 Å². The summed E-state index contributed by atoms with van der Waals surface area (Å²) in [6, 6.07) is 7.40. The van der Waals surface area contributed by atoms with E-state index in [1.165, 1.54) is 0 Å². The molecule has 0 saturated carbocycles. The molecule has 0 aliphatic rings. The van der Waals surface area contributed by atoms with Crippen LogP contribution in [0.5, 0.6) is 5.75 Å². The molecule has 6 nitrogen and oxygen atoms in total. The van der Waals surface area contributed by atoms with Crippen molar-refractivity contribution in [2.75, 3.05) is 11.9 Å². The van der Waals surface area contributed by atoms with Gasteiger partial charge in [0, 0.05) is 36.6 Å². The van der Waals surface area contributed by atoms with Crippen LogP contribution in [-0.2, 0) is 18.4 Å². The van der Waals surface area contributed by atoms with Gasteiger partial charge in [-0.05, 0) is 19.1 Å². The minimum absolute atomic E-state index is 0.120. The zero-order chi connectivity index (χ0) is 14.5. The Balaban J connectivity index is 1.97. The third-order valence-electron chi connectivity index (χ3n) is 3.04. The number of nitrogens with one attached hydrogen (secondary N) is 1. The number of anilines is 1. The van der Waals surface area contributed by atoms with E-state index in [9.17, 15) is 4.79 Å². The third-order valence-corrected chi connectivity index (χ3v) is 3.04. The Bertz CT molecular complexity index is 607. The van der Waals surface area contributed by atoms with Gasteiger partial charge in [-0.2, -0.15) is 5.10 Å². The van der Waals surface area contributed by atoms with Crippen LogP contribution >= 0.6 is 0 Å². The first-order valence-electron chi connectivity index (χ1n) is 6.29. The van der Waals surface area contributed by atoms with E-state index in [1.54, 1.807) is 6.07 Å². The first-order valence-corrected chi connectivity index (χ1v) is 6.29. The molecule has 3 N–H and O–H groups in total. The first kappa shape index (κ1) is 13.9. The van der Waals surface area contributed by atoms with Gasteiger partial charge in [-0.25, -0.2) is 0 Å². The zero-order valence-electron chi connectivity index (χ0n) is 11.6. The number of benzene rings is 1. The molecule has 0 aliphatic heterocycles. The minimum atomic E-state index is -0.491. The maximum absolute atomic E-state index is 10.7. The Labute approximate surface area is 117 Å². The lowest BCUT2D eigenvalue weighted by Crippen LogP contribution is -2.20. The smallest absolute Gasteiger partial charge is 0.255 e. The highest BCUT2D eigenvalue weighted by molar-refractivity contribution is 5.75. The maximum Gasteiger partial charge on any atom is 0.255 e. The number of rotatable bonds is 6. The lowest BCUT2D eigenvalue weighted by Gasteiger charge is -2.09. The number of nitrogens with zero attached hydrogens (tertiary/aromatic N) is 2. The van der Waals surface area contributed by atoms with Gasteiger partial charge in [-0.1, -0.05) is 6.07 Å². The summed E-state index contributed by atoms with van der Waals surface area (Å²) in [5, 5.41) is 7.49. The van der Waals surface area contributed by atoms with Crippen LogP contribution in [0.4, 0.5) is 5.69 Å². The summed E-state index contributed by atoms with van der Waals surface area (Å²) in [5.41, 5.74) is 8.21. The van der Waals surface area contributed by atoms with Crippen LogP contribution in [0.3, 0.4) is 0 Å². The number of primary amides is 1. The van der Waals surface area contributed by atoms with Gasteiger partial charge in [0.15, 0.2) is 6.61 Å². The quantitative estimate of drug-likeness (QED) is 0.829. The van der Waals surface area contributed by atoms with E-state index < -0.39 is 5.91 Å². The largest absolute Gasteiger partial charge is 0.484 e. The van der Waals surface area contributed by atoms with Crippen LogP contribution in [0, 0.1) is 6.92 Å². The van der Waals surface area contributed by atoms with Gasteiger partial charge < -0.3 is 15.8 Å². The molecule has 0 aliphatic carbocycles. The van der Waals surface area contributed by atoms with Crippen LogP contribution < -0.4 is 15.8 Å². The molecule has 0 saturated heterocycles. The molecule has 2 aromatic rings. The summed E-state index contributed by atoms with van der Waals surface area (Å²) < 4.78 is 7.09. The van der Waals surface area contributed by atoms with Crippen molar-refractivity contribution >= 4 is 11.6 Å². The van der Waals surface area contributed by atoms with Crippen molar-refractivity contribution < 1.29 is 9.53 Å². The predicted octanol–water partition coefficient (Wildman–Crippen LogP) is 1.20. The second-order valence-corrected chi connectivity index (χ2v) is 4.52. The molecule has 0 radical (unpaired) electrons. The Morgan fingerprint density at radius 3 is 2.95 bits per heavy atom. The molecule has 1 aromatic carbocycles. The molecule has 1 amide bonds. The van der Waals surface area contributed by atoms with Crippen LogP contribution in [-0.4, -0.2) is 22.3 Å². The molecule has 6 heteroatoms. The molecule has 0 atom stereocenters. The summed E-state index contributed by atoms with van der Waals surface area (Å²) in [7, 11) is 1.91. The van der Waals surface area contributed by atoms with E-state index >= 15 is 0 Å². The number of nitrogens with two attached hydrogens (primary N) is 1. The van der Waals surface area contributed by atoms with E-state index in [0.717, 1.165) is 16.9 Å². The summed E-state index contributed by atoms with van der Waals surface area (Å²) >= 11 is 0. The van der Waals surface area contributed by atoms with Crippen LogP contribution in [0.15, 0.2) is 30.5 Å². The molecule has 0 unspecified atom stereocenters. The van der Waals surface area contributed by atoms with Crippen molar-refractivity contribution in [2.24, 2.45) is 12.8 Å². The molecule has 1 aromatic heterocycles. The second-order valence-electron chi connectivity index (χ2n) is 4.52. The van der Waals surface area contributed by atoms with Crippen LogP contribution in [0.25, 0.3) is 0 Å². The molecule has 20 heavy (non-hydrogen) atoms. The monoisotopic (exact) mass is 274 g/mol. The molecule has 106 valence electrons. The van der Waals surface area contributed by atoms with Crippen molar-refractivity contribution in [3.8, 4) is 5.75 Å². The highest BCUT2D eigenvalue weighted by Gasteiger charge is 2.04. The van der Waals surface area contributed by atoms with E-state index in [-0.39, 0.29) is 6.61 Å². The third kappa shape index (κ3) is 3.50. The Morgan fingerprint density at radius 1 is 1.50 bits per heavy atom. The number of ether oxygens (including phenoxy) is 1. The van der Waals surface area contributed by atoms with E-state index in [1.807, 2.05) is 43.0 Å². The van der Waals surface area contributed by atoms with E-state index in [2.05, 4.69) is 10.4 Å². The number of aryl methyl sites for hydroxylation is 1. The molecule has 2 rings (SSSR count). The van der Waals surface area contributed by atoms with Crippen molar-refractivity contribution in [3.05, 3.63) is 41.7 Å². The van der Waals surface area contributed by atoms with Gasteiger partial charge in [0.2, 0.25) is 0 Å². The average Bonchev–Trinajstić information content (AvgIpc) is 2.75. The topological polar surface area (TPSA) is 82.2 Å². The lowest BCUT2D eigenvalue weighted by atomic mass is 10.2. The van der Waals surface area contributed by atoms with Gasteiger partial charge in [0.05, 0.1) is 6.20 Å². The first-order chi connectivity index (χ1) is 9.56. The molecular formula is C14H18N4O2. The predicted molar refractivity (Wildman–Crippen MR) is 76.4 cm³/mol. The Morgan fingerprint density at radius 2 is 2.30 bits per heavy atom. The molecule has 0 spiro atoms. The van der Waals surface area contributed by atoms with Gasteiger partial charge in [0.25, 0.3) is 5.91 Å². The minimum Gasteiger partial charge on any atom is -0.484 e. The zero-order valence-corrected chi connectivity index (χ0v) is 11.6.